The van der Waals surface area contributed by atoms with Gasteiger partial charge in [0, 0.05) is 31.5 Å². The number of nitrogens with zero attached hydrogens (tertiary/aromatic N) is 1. The van der Waals surface area contributed by atoms with Gasteiger partial charge in [-0.05, 0) is 44.9 Å². The van der Waals surface area contributed by atoms with Gasteiger partial charge >= 0.3 is 6.09 Å². The van der Waals surface area contributed by atoms with E-state index in [9.17, 15) is 4.79 Å². The first-order valence-electron chi connectivity index (χ1n) is 8.00. The van der Waals surface area contributed by atoms with Gasteiger partial charge in [0.15, 0.2) is 0 Å². The van der Waals surface area contributed by atoms with Crippen molar-refractivity contribution in [2.75, 3.05) is 6.54 Å². The van der Waals surface area contributed by atoms with E-state index in [0.29, 0.717) is 6.54 Å². The summed E-state index contributed by atoms with van der Waals surface area (Å²) in [7, 11) is 0. The Kier molecular flexibility index (Phi) is 7.88. The van der Waals surface area contributed by atoms with Crippen LogP contribution in [0.2, 0.25) is 0 Å². The molecule has 0 aliphatic heterocycles. The predicted octanol–water partition coefficient (Wildman–Crippen LogP) is 3.25. The lowest BCUT2D eigenvalue weighted by molar-refractivity contribution is 0.0521. The third-order valence-electron chi connectivity index (χ3n) is 3.14. The van der Waals surface area contributed by atoms with E-state index in [1.807, 2.05) is 32.9 Å². The lowest BCUT2D eigenvalue weighted by atomic mass is 10.1. The standard InChI is InChI=1S/C17H29N3O2/c1-5-6-7-15(13-20-16(21)22-17(2,3)4)19-12-14-8-10-18-11-9-14/h8-11,15,19H,5-7,12-13H2,1-4H3,(H,20,21). The minimum absolute atomic E-state index is 0.237. The molecule has 0 aliphatic rings. The molecular formula is C17H29N3O2. The van der Waals surface area contributed by atoms with Gasteiger partial charge in [0.2, 0.25) is 0 Å². The second kappa shape index (κ2) is 9.41. The summed E-state index contributed by atoms with van der Waals surface area (Å²) in [5, 5.41) is 6.34. The highest BCUT2D eigenvalue weighted by atomic mass is 16.6. The third-order valence-corrected chi connectivity index (χ3v) is 3.14. The van der Waals surface area contributed by atoms with Crippen molar-refractivity contribution >= 4 is 6.09 Å². The van der Waals surface area contributed by atoms with Gasteiger partial charge in [0.25, 0.3) is 0 Å². The quantitative estimate of drug-likeness (QED) is 0.774. The maximum absolute atomic E-state index is 11.7. The number of pyridine rings is 1. The molecule has 2 N–H and O–H groups in total. The molecule has 5 nitrogen and oxygen atoms in total. The monoisotopic (exact) mass is 307 g/mol. The van der Waals surface area contributed by atoms with E-state index in [4.69, 9.17) is 4.74 Å². The summed E-state index contributed by atoms with van der Waals surface area (Å²) in [6, 6.07) is 4.22. The highest BCUT2D eigenvalue weighted by Gasteiger charge is 2.17. The fourth-order valence-corrected chi connectivity index (χ4v) is 2.01. The van der Waals surface area contributed by atoms with Crippen LogP contribution >= 0.6 is 0 Å². The van der Waals surface area contributed by atoms with Crippen LogP contribution in [0, 0.1) is 0 Å². The summed E-state index contributed by atoms with van der Waals surface area (Å²) in [5.74, 6) is 0. The van der Waals surface area contributed by atoms with Crippen molar-refractivity contribution < 1.29 is 9.53 Å². The average molecular weight is 307 g/mol. The van der Waals surface area contributed by atoms with Gasteiger partial charge in [0.1, 0.15) is 5.60 Å². The van der Waals surface area contributed by atoms with Crippen LogP contribution in [0.3, 0.4) is 0 Å². The van der Waals surface area contributed by atoms with Gasteiger partial charge in [0.05, 0.1) is 0 Å². The van der Waals surface area contributed by atoms with Gasteiger partial charge in [-0.3, -0.25) is 4.98 Å². The van der Waals surface area contributed by atoms with Crippen LogP contribution in [0.1, 0.15) is 52.5 Å². The lowest BCUT2D eigenvalue weighted by Gasteiger charge is -2.22. The summed E-state index contributed by atoms with van der Waals surface area (Å²) in [6.45, 7) is 9.10. The predicted molar refractivity (Wildman–Crippen MR) is 88.6 cm³/mol. The molecule has 0 bridgehead atoms. The van der Waals surface area contributed by atoms with Crippen molar-refractivity contribution in [2.45, 2.75) is 65.1 Å². The molecular weight excluding hydrogens is 278 g/mol. The molecule has 0 radical (unpaired) electrons. The summed E-state index contributed by atoms with van der Waals surface area (Å²) in [6.07, 6.45) is 6.51. The molecule has 1 amide bonds. The molecule has 5 heteroatoms. The topological polar surface area (TPSA) is 63.2 Å². The Bertz CT molecular complexity index is 429. The molecule has 0 aromatic carbocycles. The van der Waals surface area contributed by atoms with Crippen molar-refractivity contribution in [1.82, 2.24) is 15.6 Å². The molecule has 124 valence electrons. The number of amides is 1. The first kappa shape index (κ1) is 18.4. The van der Waals surface area contributed by atoms with E-state index in [2.05, 4.69) is 22.5 Å². The summed E-state index contributed by atoms with van der Waals surface area (Å²) in [4.78, 5) is 15.8. The number of ether oxygens (including phenoxy) is 1. The lowest BCUT2D eigenvalue weighted by Crippen LogP contribution is -2.42. The van der Waals surface area contributed by atoms with Crippen LogP contribution in [-0.4, -0.2) is 29.3 Å². The fraction of sp³-hybridized carbons (Fsp3) is 0.647. The molecule has 0 saturated carbocycles. The van der Waals surface area contributed by atoms with Gasteiger partial charge in [-0.15, -0.1) is 0 Å². The molecule has 1 unspecified atom stereocenters. The van der Waals surface area contributed by atoms with Crippen molar-refractivity contribution in [1.29, 1.82) is 0 Å². The summed E-state index contributed by atoms with van der Waals surface area (Å²) in [5.41, 5.74) is 0.724. The molecule has 1 rings (SSSR count). The number of nitrogens with one attached hydrogen (secondary N) is 2. The zero-order chi connectivity index (χ0) is 16.4. The molecule has 0 aliphatic carbocycles. The Labute approximate surface area is 133 Å². The second-order valence-corrected chi connectivity index (χ2v) is 6.46. The van der Waals surface area contributed by atoms with E-state index >= 15 is 0 Å². The van der Waals surface area contributed by atoms with Crippen molar-refractivity contribution in [2.24, 2.45) is 0 Å². The van der Waals surface area contributed by atoms with Gasteiger partial charge < -0.3 is 15.4 Å². The molecule has 1 heterocycles. The Morgan fingerprint density at radius 1 is 1.32 bits per heavy atom. The Morgan fingerprint density at radius 2 is 2.00 bits per heavy atom. The third kappa shape index (κ3) is 8.62. The average Bonchev–Trinajstić information content (AvgIpc) is 2.45. The zero-order valence-electron chi connectivity index (χ0n) is 14.2. The fourth-order valence-electron chi connectivity index (χ4n) is 2.01. The first-order valence-corrected chi connectivity index (χ1v) is 8.00. The number of carbonyl (C=O) groups excluding carboxylic acids is 1. The van der Waals surface area contributed by atoms with Gasteiger partial charge in [-0.2, -0.15) is 0 Å². The van der Waals surface area contributed by atoms with Crippen molar-refractivity contribution in [3.05, 3.63) is 30.1 Å². The minimum Gasteiger partial charge on any atom is -0.444 e. The van der Waals surface area contributed by atoms with Gasteiger partial charge in [-0.25, -0.2) is 4.79 Å². The van der Waals surface area contributed by atoms with Gasteiger partial charge in [-0.1, -0.05) is 19.8 Å². The van der Waals surface area contributed by atoms with Crippen LogP contribution in [0.4, 0.5) is 4.79 Å². The summed E-state index contributed by atoms with van der Waals surface area (Å²) < 4.78 is 5.27. The highest BCUT2D eigenvalue weighted by molar-refractivity contribution is 5.67. The largest absolute Gasteiger partial charge is 0.444 e. The second-order valence-electron chi connectivity index (χ2n) is 6.46. The molecule has 22 heavy (non-hydrogen) atoms. The first-order chi connectivity index (χ1) is 10.4. The van der Waals surface area contributed by atoms with E-state index in [-0.39, 0.29) is 12.1 Å². The number of alkyl carbamates (subject to hydrolysis) is 1. The molecule has 1 aromatic heterocycles. The van der Waals surface area contributed by atoms with Crippen LogP contribution in [-0.2, 0) is 11.3 Å². The zero-order valence-corrected chi connectivity index (χ0v) is 14.2. The van der Waals surface area contributed by atoms with E-state index in [0.717, 1.165) is 25.8 Å². The Balaban J connectivity index is 2.41. The van der Waals surface area contributed by atoms with E-state index < -0.39 is 5.60 Å². The van der Waals surface area contributed by atoms with Crippen molar-refractivity contribution in [3.63, 3.8) is 0 Å². The van der Waals surface area contributed by atoms with Crippen LogP contribution in [0.15, 0.2) is 24.5 Å². The minimum atomic E-state index is -0.465. The molecule has 0 spiro atoms. The molecule has 0 fully saturated rings. The molecule has 1 aromatic rings. The summed E-state index contributed by atoms with van der Waals surface area (Å²) >= 11 is 0. The SMILES string of the molecule is CCCCC(CNC(=O)OC(C)(C)C)NCc1ccncc1. The highest BCUT2D eigenvalue weighted by Crippen LogP contribution is 2.07. The number of carbonyl (C=O) groups is 1. The number of rotatable bonds is 8. The number of hydrogen-bond acceptors (Lipinski definition) is 4. The smallest absolute Gasteiger partial charge is 0.407 e. The van der Waals surface area contributed by atoms with Crippen molar-refractivity contribution in [3.8, 4) is 0 Å². The number of hydrogen-bond donors (Lipinski definition) is 2. The normalized spacial score (nSPS) is 12.7. The van der Waals surface area contributed by atoms with Crippen LogP contribution < -0.4 is 10.6 Å². The Morgan fingerprint density at radius 3 is 2.59 bits per heavy atom. The van der Waals surface area contributed by atoms with E-state index in [1.165, 1.54) is 5.56 Å². The molecule has 1 atom stereocenters. The molecule has 0 saturated heterocycles. The Hall–Kier alpha value is -1.62. The number of unbranched alkanes of at least 4 members (excludes halogenated alkanes) is 1. The van der Waals surface area contributed by atoms with E-state index in [1.54, 1.807) is 12.4 Å². The van der Waals surface area contributed by atoms with Crippen LogP contribution in [0.25, 0.3) is 0 Å². The maximum Gasteiger partial charge on any atom is 0.407 e. The van der Waals surface area contributed by atoms with Crippen LogP contribution in [0.5, 0.6) is 0 Å². The number of aromatic nitrogens is 1. The maximum atomic E-state index is 11.7.